The molecule has 0 spiro atoms. The first-order chi connectivity index (χ1) is 9.62. The van der Waals surface area contributed by atoms with Gasteiger partial charge in [-0.1, -0.05) is 25.3 Å². The number of benzene rings is 1. The van der Waals surface area contributed by atoms with Crippen molar-refractivity contribution in [2.24, 2.45) is 11.1 Å². The normalized spacial score (nSPS) is 17.8. The number of hydrogen-bond acceptors (Lipinski definition) is 3. The van der Waals surface area contributed by atoms with E-state index in [4.69, 9.17) is 10.5 Å². The molecule has 4 heteroatoms. The predicted molar refractivity (Wildman–Crippen MR) is 76.5 cm³/mol. The van der Waals surface area contributed by atoms with Crippen LogP contribution in [0.3, 0.4) is 0 Å². The minimum absolute atomic E-state index is 0.112. The van der Waals surface area contributed by atoms with Crippen LogP contribution >= 0.6 is 0 Å². The molecule has 1 aromatic rings. The highest BCUT2D eigenvalue weighted by atomic mass is 19.1. The minimum atomic E-state index is -0.567. The van der Waals surface area contributed by atoms with Crippen LogP contribution in [0.25, 0.3) is 0 Å². The van der Waals surface area contributed by atoms with Crippen LogP contribution in [-0.2, 0) is 0 Å². The molecule has 20 heavy (non-hydrogen) atoms. The van der Waals surface area contributed by atoms with Gasteiger partial charge in [0.05, 0.1) is 12.7 Å². The lowest BCUT2D eigenvalue weighted by Crippen LogP contribution is -2.35. The number of nitrogens with two attached hydrogens (primary N) is 1. The number of rotatable bonds is 5. The summed E-state index contributed by atoms with van der Waals surface area (Å²) in [5.74, 6) is -0.627. The van der Waals surface area contributed by atoms with E-state index < -0.39 is 5.82 Å². The Balaban J connectivity index is 2.19. The van der Waals surface area contributed by atoms with Crippen molar-refractivity contribution in [1.29, 1.82) is 0 Å². The van der Waals surface area contributed by atoms with Crippen molar-refractivity contribution >= 4 is 5.78 Å². The number of halogens is 1. The molecule has 2 N–H and O–H groups in total. The van der Waals surface area contributed by atoms with Crippen molar-refractivity contribution in [3.8, 4) is 5.75 Å². The van der Waals surface area contributed by atoms with Crippen molar-refractivity contribution < 1.29 is 13.9 Å². The Bertz CT molecular complexity index is 481. The third kappa shape index (κ3) is 3.01. The number of ether oxygens (including phenoxy) is 1. The molecule has 0 aliphatic heterocycles. The molecule has 0 radical (unpaired) electrons. The van der Waals surface area contributed by atoms with Gasteiger partial charge < -0.3 is 10.5 Å². The largest absolute Gasteiger partial charge is 0.494 e. The van der Waals surface area contributed by atoms with Crippen LogP contribution in [0.15, 0.2) is 18.2 Å². The van der Waals surface area contributed by atoms with Gasteiger partial charge in [-0.25, -0.2) is 4.39 Å². The van der Waals surface area contributed by atoms with Crippen molar-refractivity contribution in [1.82, 2.24) is 0 Å². The predicted octanol–water partition coefficient (Wildman–Crippen LogP) is 3.32. The lowest BCUT2D eigenvalue weighted by molar-refractivity contribution is 0.0863. The first kappa shape index (κ1) is 15.0. The van der Waals surface area contributed by atoms with Crippen LogP contribution in [0.1, 0.15) is 48.9 Å². The van der Waals surface area contributed by atoms with Crippen LogP contribution in [0.2, 0.25) is 0 Å². The Labute approximate surface area is 119 Å². The molecule has 0 heterocycles. The van der Waals surface area contributed by atoms with Crippen LogP contribution in [0.4, 0.5) is 4.39 Å². The third-order valence-corrected chi connectivity index (χ3v) is 4.37. The van der Waals surface area contributed by atoms with Crippen LogP contribution < -0.4 is 10.5 Å². The molecule has 0 atom stereocenters. The fourth-order valence-corrected chi connectivity index (χ4v) is 3.07. The second-order valence-corrected chi connectivity index (χ2v) is 5.69. The van der Waals surface area contributed by atoms with E-state index in [1.54, 1.807) is 6.07 Å². The topological polar surface area (TPSA) is 52.3 Å². The highest BCUT2D eigenvalue weighted by Gasteiger charge is 2.34. The van der Waals surface area contributed by atoms with Gasteiger partial charge in [-0.15, -0.1) is 0 Å². The average molecular weight is 279 g/mol. The number of Topliss-reactive ketones (excluding diaryl/α,β-unsaturated/α-hetero) is 1. The molecule has 1 aromatic carbocycles. The Hall–Kier alpha value is -1.42. The maximum Gasteiger partial charge on any atom is 0.175 e. The van der Waals surface area contributed by atoms with E-state index in [0.29, 0.717) is 13.0 Å². The van der Waals surface area contributed by atoms with E-state index in [1.165, 1.54) is 25.7 Å². The van der Waals surface area contributed by atoms with Crippen molar-refractivity contribution in [2.45, 2.75) is 38.5 Å². The minimum Gasteiger partial charge on any atom is -0.494 e. The maximum absolute atomic E-state index is 14.1. The van der Waals surface area contributed by atoms with Crippen LogP contribution in [0.5, 0.6) is 5.75 Å². The SMILES string of the molecule is COc1cccc(C(=O)CC2(CN)CCCCC2)c1F. The lowest BCUT2D eigenvalue weighted by atomic mass is 9.70. The molecule has 0 amide bonds. The summed E-state index contributed by atoms with van der Waals surface area (Å²) in [6.07, 6.45) is 5.65. The van der Waals surface area contributed by atoms with Crippen molar-refractivity contribution in [3.63, 3.8) is 0 Å². The fourth-order valence-electron chi connectivity index (χ4n) is 3.07. The molecule has 1 saturated carbocycles. The van der Waals surface area contributed by atoms with E-state index in [1.807, 2.05) is 0 Å². The van der Waals surface area contributed by atoms with E-state index in [0.717, 1.165) is 25.7 Å². The molecule has 1 aliphatic carbocycles. The average Bonchev–Trinajstić information content (AvgIpc) is 2.48. The van der Waals surface area contributed by atoms with Gasteiger partial charge in [0, 0.05) is 6.42 Å². The number of methoxy groups -OCH3 is 1. The highest BCUT2D eigenvalue weighted by Crippen LogP contribution is 2.39. The second kappa shape index (κ2) is 6.35. The van der Waals surface area contributed by atoms with Gasteiger partial charge in [-0.3, -0.25) is 4.79 Å². The standard InChI is InChI=1S/C16H22FNO2/c1-20-14-7-5-6-12(15(14)17)13(19)10-16(11-18)8-3-2-4-9-16/h5-7H,2-4,8-11,18H2,1H3. The molecule has 0 unspecified atom stereocenters. The zero-order valence-corrected chi connectivity index (χ0v) is 12.0. The summed E-state index contributed by atoms with van der Waals surface area (Å²) in [4.78, 5) is 12.4. The smallest absolute Gasteiger partial charge is 0.175 e. The van der Waals surface area contributed by atoms with Gasteiger partial charge in [0.2, 0.25) is 0 Å². The summed E-state index contributed by atoms with van der Waals surface area (Å²) in [6, 6.07) is 4.68. The molecule has 1 fully saturated rings. The van der Waals surface area contributed by atoms with E-state index in [9.17, 15) is 9.18 Å². The molecule has 3 nitrogen and oxygen atoms in total. The first-order valence-corrected chi connectivity index (χ1v) is 7.18. The van der Waals surface area contributed by atoms with Crippen molar-refractivity contribution in [2.75, 3.05) is 13.7 Å². The quantitative estimate of drug-likeness (QED) is 0.841. The van der Waals surface area contributed by atoms with Gasteiger partial charge in [-0.2, -0.15) is 0 Å². The summed E-state index contributed by atoms with van der Waals surface area (Å²) in [5, 5.41) is 0. The lowest BCUT2D eigenvalue weighted by Gasteiger charge is -2.35. The zero-order valence-electron chi connectivity index (χ0n) is 12.0. The molecule has 1 aliphatic rings. The Kier molecular flexibility index (Phi) is 4.76. The first-order valence-electron chi connectivity index (χ1n) is 7.18. The Morgan fingerprint density at radius 1 is 1.35 bits per heavy atom. The van der Waals surface area contributed by atoms with Gasteiger partial charge >= 0.3 is 0 Å². The molecule has 0 aromatic heterocycles. The highest BCUT2D eigenvalue weighted by molar-refractivity contribution is 5.97. The Morgan fingerprint density at radius 3 is 2.65 bits per heavy atom. The maximum atomic E-state index is 14.1. The summed E-state index contributed by atoms with van der Waals surface area (Å²) in [5.41, 5.74) is 5.85. The molecule has 0 saturated heterocycles. The molecular weight excluding hydrogens is 257 g/mol. The number of hydrogen-bond donors (Lipinski definition) is 1. The van der Waals surface area contributed by atoms with E-state index in [2.05, 4.69) is 0 Å². The molecule has 0 bridgehead atoms. The molecule has 110 valence electrons. The molecular formula is C16H22FNO2. The monoisotopic (exact) mass is 279 g/mol. The summed E-state index contributed by atoms with van der Waals surface area (Å²) < 4.78 is 19.1. The van der Waals surface area contributed by atoms with Crippen LogP contribution in [-0.4, -0.2) is 19.4 Å². The van der Waals surface area contributed by atoms with Gasteiger partial charge in [0.15, 0.2) is 17.3 Å². The number of carbonyl (C=O) groups is 1. The number of ketones is 1. The second-order valence-electron chi connectivity index (χ2n) is 5.69. The zero-order chi connectivity index (χ0) is 14.6. The third-order valence-electron chi connectivity index (χ3n) is 4.37. The fraction of sp³-hybridized carbons (Fsp3) is 0.562. The summed E-state index contributed by atoms with van der Waals surface area (Å²) >= 11 is 0. The van der Waals surface area contributed by atoms with Gasteiger partial charge in [0.1, 0.15) is 0 Å². The van der Waals surface area contributed by atoms with Crippen molar-refractivity contribution in [3.05, 3.63) is 29.6 Å². The summed E-state index contributed by atoms with van der Waals surface area (Å²) in [7, 11) is 1.40. The van der Waals surface area contributed by atoms with E-state index >= 15 is 0 Å². The summed E-state index contributed by atoms with van der Waals surface area (Å²) in [6.45, 7) is 0.490. The number of carbonyl (C=O) groups excluding carboxylic acids is 1. The van der Waals surface area contributed by atoms with Gasteiger partial charge in [-0.05, 0) is 36.9 Å². The Morgan fingerprint density at radius 2 is 2.05 bits per heavy atom. The van der Waals surface area contributed by atoms with Crippen LogP contribution in [0, 0.1) is 11.2 Å². The molecule has 2 rings (SSSR count). The van der Waals surface area contributed by atoms with Gasteiger partial charge in [0.25, 0.3) is 0 Å². The van der Waals surface area contributed by atoms with E-state index in [-0.39, 0.29) is 22.5 Å².